The zero-order valence-corrected chi connectivity index (χ0v) is 22.6. The normalized spacial score (nSPS) is 20.2. The molecule has 0 unspecified atom stereocenters. The summed E-state index contributed by atoms with van der Waals surface area (Å²) in [6, 6.07) is 7.19. The van der Waals surface area contributed by atoms with E-state index < -0.39 is 0 Å². The van der Waals surface area contributed by atoms with Crippen LogP contribution < -0.4 is 14.8 Å². The van der Waals surface area contributed by atoms with Crippen molar-refractivity contribution in [3.8, 4) is 22.9 Å². The van der Waals surface area contributed by atoms with Crippen LogP contribution in [0.25, 0.3) is 34.2 Å². The van der Waals surface area contributed by atoms with Crippen LogP contribution in [0.4, 0.5) is 0 Å². The quantitative estimate of drug-likeness (QED) is 0.418. The van der Waals surface area contributed by atoms with Crippen molar-refractivity contribution < 1.29 is 9.47 Å². The summed E-state index contributed by atoms with van der Waals surface area (Å²) in [6.45, 7) is 5.23. The number of H-pyrrole nitrogens is 1. The van der Waals surface area contributed by atoms with Crippen LogP contribution in [0, 0.1) is 6.92 Å². The summed E-state index contributed by atoms with van der Waals surface area (Å²) in [4.78, 5) is 2.20. The summed E-state index contributed by atoms with van der Waals surface area (Å²) in [6.07, 6.45) is 8.88. The van der Waals surface area contributed by atoms with E-state index in [1.807, 2.05) is 13.2 Å². The monoisotopic (exact) mass is 516 g/mol. The van der Waals surface area contributed by atoms with Crippen molar-refractivity contribution in [2.45, 2.75) is 38.3 Å². The summed E-state index contributed by atoms with van der Waals surface area (Å²) in [7, 11) is 6.11. The van der Waals surface area contributed by atoms with E-state index in [1.54, 1.807) is 4.68 Å². The Morgan fingerprint density at radius 2 is 2.00 bits per heavy atom. The maximum absolute atomic E-state index is 6.23. The molecule has 3 aromatic heterocycles. The van der Waals surface area contributed by atoms with Gasteiger partial charge in [-0.15, -0.1) is 5.10 Å². The van der Waals surface area contributed by atoms with Crippen molar-refractivity contribution in [3.05, 3.63) is 41.3 Å². The van der Waals surface area contributed by atoms with Crippen molar-refractivity contribution >= 4 is 23.1 Å². The summed E-state index contributed by atoms with van der Waals surface area (Å²) in [5, 5.41) is 21.8. The van der Waals surface area contributed by atoms with Crippen LogP contribution in [-0.2, 0) is 7.05 Å². The van der Waals surface area contributed by atoms with Crippen molar-refractivity contribution in [2.24, 2.45) is 7.05 Å². The smallest absolute Gasteiger partial charge is 0.240 e. The molecule has 2 aliphatic rings. The van der Waals surface area contributed by atoms with Gasteiger partial charge in [0.15, 0.2) is 0 Å². The molecule has 1 fully saturated rings. The molecule has 10 heteroatoms. The number of fused-ring (bicyclic) bond motifs is 4. The van der Waals surface area contributed by atoms with E-state index in [-0.39, 0.29) is 0 Å². The van der Waals surface area contributed by atoms with E-state index in [1.165, 1.54) is 0 Å². The Morgan fingerprint density at radius 1 is 1.16 bits per heavy atom. The highest BCUT2D eigenvalue weighted by molar-refractivity contribution is 5.93. The van der Waals surface area contributed by atoms with E-state index in [2.05, 4.69) is 81.6 Å². The first-order chi connectivity index (χ1) is 18.5. The Balaban J connectivity index is 1.30. The molecule has 0 atom stereocenters. The lowest BCUT2D eigenvalue weighted by Gasteiger charge is -2.37. The molecule has 2 N–H and O–H groups in total. The van der Waals surface area contributed by atoms with Crippen molar-refractivity contribution in [2.75, 3.05) is 40.4 Å². The number of aryl methyl sites for hydroxylation is 1. The number of nitrogens with zero attached hydrogens (tertiary/aromatic N) is 6. The number of aromatic amines is 1. The molecule has 0 saturated heterocycles. The van der Waals surface area contributed by atoms with Gasteiger partial charge in [0.25, 0.3) is 0 Å². The summed E-state index contributed by atoms with van der Waals surface area (Å²) in [5.74, 6) is 1.42. The van der Waals surface area contributed by atoms with Gasteiger partial charge in [-0.1, -0.05) is 6.07 Å². The molecule has 1 aromatic carbocycles. The first kappa shape index (κ1) is 24.7. The lowest BCUT2D eigenvalue weighted by atomic mass is 9.86. The molecule has 4 heterocycles. The van der Waals surface area contributed by atoms with Gasteiger partial charge in [0.1, 0.15) is 0 Å². The Morgan fingerprint density at radius 3 is 2.84 bits per heavy atom. The minimum atomic E-state index is 0.377. The molecule has 2 bridgehead atoms. The Labute approximate surface area is 222 Å². The second kappa shape index (κ2) is 10.3. The molecule has 10 nitrogen and oxygen atoms in total. The van der Waals surface area contributed by atoms with Crippen molar-refractivity contribution in [1.29, 1.82) is 0 Å². The largest absolute Gasteiger partial charge is 0.477 e. The average Bonchev–Trinajstić information content (AvgIpc) is 3.53. The lowest BCUT2D eigenvalue weighted by Crippen LogP contribution is -2.44. The van der Waals surface area contributed by atoms with Crippen LogP contribution in [0.15, 0.2) is 24.4 Å². The highest BCUT2D eigenvalue weighted by Gasteiger charge is 2.33. The Bertz CT molecular complexity index is 1460. The molecular formula is C28H36N8O2. The molecular weight excluding hydrogens is 480 g/mol. The SMILES string of the molecule is Cc1c2c(nn1[C@H]1C[C@@H](NCCN(C)C)C1)OCCCOc1c(cnn1C)-c1ccc3[nH]nc(c3c1)/C=C/2. The maximum atomic E-state index is 6.23. The van der Waals surface area contributed by atoms with Gasteiger partial charge in [-0.3, -0.25) is 9.78 Å². The van der Waals surface area contributed by atoms with E-state index in [0.29, 0.717) is 31.2 Å². The molecule has 200 valence electrons. The molecule has 38 heavy (non-hydrogen) atoms. The molecule has 6 rings (SSSR count). The van der Waals surface area contributed by atoms with Crippen molar-refractivity contribution in [3.63, 3.8) is 0 Å². The van der Waals surface area contributed by atoms with Gasteiger partial charge < -0.3 is 19.7 Å². The van der Waals surface area contributed by atoms with Crippen LogP contribution in [0.1, 0.15) is 42.3 Å². The molecule has 0 amide bonds. The van der Waals surface area contributed by atoms with Crippen LogP contribution in [0.2, 0.25) is 0 Å². The highest BCUT2D eigenvalue weighted by Crippen LogP contribution is 2.37. The number of nitrogens with one attached hydrogen (secondary N) is 2. The van der Waals surface area contributed by atoms with E-state index in [4.69, 9.17) is 14.6 Å². The van der Waals surface area contributed by atoms with E-state index in [0.717, 1.165) is 77.2 Å². The van der Waals surface area contributed by atoms with Gasteiger partial charge in [0.05, 0.1) is 47.8 Å². The fraction of sp³-hybridized carbons (Fsp3) is 0.464. The molecule has 0 radical (unpaired) electrons. The van der Waals surface area contributed by atoms with Gasteiger partial charge in [0, 0.05) is 43.7 Å². The number of aromatic nitrogens is 6. The number of benzene rings is 1. The van der Waals surface area contributed by atoms with Crippen molar-refractivity contribution in [1.82, 2.24) is 40.0 Å². The fourth-order valence-electron chi connectivity index (χ4n) is 5.29. The minimum absolute atomic E-state index is 0.377. The van der Waals surface area contributed by atoms with Gasteiger partial charge in [-0.2, -0.15) is 10.2 Å². The maximum Gasteiger partial charge on any atom is 0.240 e. The summed E-state index contributed by atoms with van der Waals surface area (Å²) in [5.41, 5.74) is 5.99. The Hall–Kier alpha value is -3.63. The van der Waals surface area contributed by atoms with Gasteiger partial charge in [-0.25, -0.2) is 4.68 Å². The zero-order valence-electron chi connectivity index (χ0n) is 22.6. The number of ether oxygens (including phenoxy) is 2. The van der Waals surface area contributed by atoms with Gasteiger partial charge in [0.2, 0.25) is 11.8 Å². The minimum Gasteiger partial charge on any atom is -0.477 e. The first-order valence-corrected chi connectivity index (χ1v) is 13.4. The number of likely N-dealkylation sites (N-methyl/N-ethyl adjacent to an activating group) is 1. The molecule has 0 spiro atoms. The first-order valence-electron chi connectivity index (χ1n) is 13.4. The average molecular weight is 517 g/mol. The zero-order chi connectivity index (χ0) is 26.2. The third-order valence-corrected chi connectivity index (χ3v) is 7.58. The topological polar surface area (TPSA) is 98.0 Å². The molecule has 1 aliphatic heterocycles. The van der Waals surface area contributed by atoms with Crippen LogP contribution >= 0.6 is 0 Å². The predicted octanol–water partition coefficient (Wildman–Crippen LogP) is 3.65. The number of hydrogen-bond acceptors (Lipinski definition) is 7. The Kier molecular flexibility index (Phi) is 6.67. The predicted molar refractivity (Wildman–Crippen MR) is 148 cm³/mol. The molecule has 1 saturated carbocycles. The third-order valence-electron chi connectivity index (χ3n) is 7.58. The highest BCUT2D eigenvalue weighted by atomic mass is 16.5. The second-order valence-corrected chi connectivity index (χ2v) is 10.6. The van der Waals surface area contributed by atoms with Gasteiger partial charge in [-0.05, 0) is 63.7 Å². The van der Waals surface area contributed by atoms with E-state index >= 15 is 0 Å². The van der Waals surface area contributed by atoms with E-state index in [9.17, 15) is 0 Å². The van der Waals surface area contributed by atoms with Crippen LogP contribution in [-0.4, -0.2) is 81.1 Å². The van der Waals surface area contributed by atoms with Gasteiger partial charge >= 0.3 is 0 Å². The standard InChI is InChI=1S/C28H36N8O2/c1-18-22-7-9-26-23-14-19(6-8-25(23)31-32-26)24-17-30-35(4)28(24)38-13-5-12-37-27(22)33-36(18)21-15-20(16-21)29-10-11-34(2)3/h6-9,14,17,20-21,29H,5,10-13,15-16H2,1-4H3,(H,31,32)/b9-7+/t20-,21+. The molecule has 4 aromatic rings. The summed E-state index contributed by atoms with van der Waals surface area (Å²) < 4.78 is 16.3. The lowest BCUT2D eigenvalue weighted by molar-refractivity contribution is 0.196. The number of rotatable bonds is 5. The second-order valence-electron chi connectivity index (χ2n) is 10.6. The van der Waals surface area contributed by atoms with Crippen LogP contribution in [0.3, 0.4) is 0 Å². The number of hydrogen-bond donors (Lipinski definition) is 2. The van der Waals surface area contributed by atoms with Crippen LogP contribution in [0.5, 0.6) is 11.8 Å². The molecule has 1 aliphatic carbocycles. The fourth-order valence-corrected chi connectivity index (χ4v) is 5.29. The third kappa shape index (κ3) is 4.69. The summed E-state index contributed by atoms with van der Waals surface area (Å²) >= 11 is 0.